The van der Waals surface area contributed by atoms with Gasteiger partial charge in [-0.3, -0.25) is 14.6 Å². The van der Waals surface area contributed by atoms with Gasteiger partial charge in [-0.1, -0.05) is 60.1 Å². The zero-order chi connectivity index (χ0) is 31.9. The highest BCUT2D eigenvalue weighted by molar-refractivity contribution is 7.90. The van der Waals surface area contributed by atoms with Crippen molar-refractivity contribution in [2.75, 3.05) is 45.6 Å². The number of pyridine rings is 1. The quantitative estimate of drug-likeness (QED) is 0.297. The number of carbonyl (C=O) groups is 1. The Morgan fingerprint density at radius 2 is 1.72 bits per heavy atom. The minimum absolute atomic E-state index is 0.181. The van der Waals surface area contributed by atoms with Crippen LogP contribution in [0, 0.1) is 0 Å². The molecule has 1 amide bonds. The lowest BCUT2D eigenvalue weighted by Gasteiger charge is -2.40. The number of benzene rings is 3. The van der Waals surface area contributed by atoms with Crippen molar-refractivity contribution in [2.24, 2.45) is 0 Å². The summed E-state index contributed by atoms with van der Waals surface area (Å²) in [5.41, 5.74) is 5.45. The number of carbonyl (C=O) groups excluding carboxylic acids is 1. The van der Waals surface area contributed by atoms with E-state index in [9.17, 15) is 13.2 Å². The number of nitrogens with zero attached hydrogens (tertiary/aromatic N) is 3. The molecule has 238 valence electrons. The zero-order valence-electron chi connectivity index (χ0n) is 26.7. The third-order valence-corrected chi connectivity index (χ3v) is 11.0. The number of aromatic nitrogens is 1. The molecule has 0 unspecified atom stereocenters. The fourth-order valence-corrected chi connectivity index (χ4v) is 7.86. The van der Waals surface area contributed by atoms with Crippen molar-refractivity contribution < 1.29 is 17.9 Å². The maximum absolute atomic E-state index is 14.7. The molecular weight excluding hydrogens is 595 g/mol. The van der Waals surface area contributed by atoms with E-state index in [1.165, 1.54) is 6.26 Å². The average molecular weight is 637 g/mol. The van der Waals surface area contributed by atoms with Crippen LogP contribution in [0.4, 0.5) is 0 Å². The number of morpholine rings is 1. The number of nitrogens with one attached hydrogen (secondary N) is 1. The maximum Gasteiger partial charge on any atom is 0.253 e. The first-order valence-electron chi connectivity index (χ1n) is 16.4. The van der Waals surface area contributed by atoms with Crippen molar-refractivity contribution in [3.63, 3.8) is 0 Å². The van der Waals surface area contributed by atoms with Crippen molar-refractivity contribution in [3.8, 4) is 11.3 Å². The molecule has 10 heteroatoms. The fourth-order valence-electron chi connectivity index (χ4n) is 7.21. The third kappa shape index (κ3) is 6.36. The summed E-state index contributed by atoms with van der Waals surface area (Å²) in [6.07, 6.45) is 5.02. The third-order valence-electron chi connectivity index (χ3n) is 9.93. The van der Waals surface area contributed by atoms with Crippen LogP contribution in [0.25, 0.3) is 22.2 Å². The number of amides is 1. The Morgan fingerprint density at radius 1 is 0.978 bits per heavy atom. The molecular formula is C36H41BN4O4S. The van der Waals surface area contributed by atoms with Gasteiger partial charge in [0.2, 0.25) is 0 Å². The minimum Gasteiger partial charge on any atom is -0.379 e. The second-order valence-electron chi connectivity index (χ2n) is 13.2. The van der Waals surface area contributed by atoms with Crippen LogP contribution in [0.3, 0.4) is 0 Å². The van der Waals surface area contributed by atoms with Crippen molar-refractivity contribution in [1.82, 2.24) is 20.1 Å². The van der Waals surface area contributed by atoms with Crippen molar-refractivity contribution in [3.05, 3.63) is 89.5 Å². The molecule has 8 nitrogen and oxygen atoms in total. The molecule has 7 rings (SSSR count). The summed E-state index contributed by atoms with van der Waals surface area (Å²) in [7, 11) is -1.45. The first-order chi connectivity index (χ1) is 22.2. The van der Waals surface area contributed by atoms with E-state index in [-0.39, 0.29) is 10.8 Å². The lowest BCUT2D eigenvalue weighted by atomic mass is 9.90. The number of sulfone groups is 1. The molecule has 1 aliphatic carbocycles. The van der Waals surface area contributed by atoms with Crippen LogP contribution in [0.5, 0.6) is 0 Å². The summed E-state index contributed by atoms with van der Waals surface area (Å²) in [5.74, 6) is -0.188. The average Bonchev–Trinajstić information content (AvgIpc) is 3.85. The van der Waals surface area contributed by atoms with Crippen molar-refractivity contribution >= 4 is 40.0 Å². The van der Waals surface area contributed by atoms with Crippen LogP contribution < -0.4 is 10.8 Å². The van der Waals surface area contributed by atoms with E-state index in [2.05, 4.69) is 47.2 Å². The lowest BCUT2D eigenvalue weighted by Crippen LogP contribution is -2.48. The molecule has 0 radical (unpaired) electrons. The van der Waals surface area contributed by atoms with Gasteiger partial charge >= 0.3 is 0 Å². The highest BCUT2D eigenvalue weighted by Crippen LogP contribution is 2.46. The SMILES string of the molecule is Bc1cccc(-c2nc3ccc(S(C)(=O)=O)cc3c(C(=O)NC3(c4ccccc4)CC3)c2CN2CCC(N3CCOCC3)CC2)c1. The Balaban J connectivity index is 1.34. The van der Waals surface area contributed by atoms with Crippen LogP contribution in [0.1, 0.15) is 47.2 Å². The lowest BCUT2D eigenvalue weighted by molar-refractivity contribution is 0.000225. The van der Waals surface area contributed by atoms with Crippen LogP contribution in [0.15, 0.2) is 77.7 Å². The minimum atomic E-state index is -3.51. The predicted octanol–water partition coefficient (Wildman–Crippen LogP) is 3.28. The Hall–Kier alpha value is -3.57. The van der Waals surface area contributed by atoms with E-state index in [1.807, 2.05) is 30.3 Å². The topological polar surface area (TPSA) is 91.8 Å². The molecule has 4 aromatic rings. The summed E-state index contributed by atoms with van der Waals surface area (Å²) >= 11 is 0. The number of likely N-dealkylation sites (tertiary alicyclic amines) is 1. The molecule has 1 N–H and O–H groups in total. The summed E-state index contributed by atoms with van der Waals surface area (Å²) in [6.45, 7) is 5.91. The Bertz CT molecular complexity index is 1870. The molecule has 3 fully saturated rings. The Kier molecular flexibility index (Phi) is 8.48. The van der Waals surface area contributed by atoms with E-state index in [0.29, 0.717) is 29.1 Å². The molecule has 0 spiro atoms. The normalized spacial score (nSPS) is 19.2. The van der Waals surface area contributed by atoms with Crippen molar-refractivity contribution in [2.45, 2.75) is 48.7 Å². The van der Waals surface area contributed by atoms with Gasteiger partial charge in [0.1, 0.15) is 7.85 Å². The number of ether oxygens (including phenoxy) is 1. The highest BCUT2D eigenvalue weighted by Gasteiger charge is 2.46. The first kappa shape index (κ1) is 31.1. The Labute approximate surface area is 272 Å². The summed E-state index contributed by atoms with van der Waals surface area (Å²) < 4.78 is 31.0. The van der Waals surface area contributed by atoms with Gasteiger partial charge in [0.05, 0.1) is 40.4 Å². The maximum atomic E-state index is 14.7. The molecule has 0 atom stereocenters. The number of hydrogen-bond donors (Lipinski definition) is 1. The second-order valence-corrected chi connectivity index (χ2v) is 15.2. The number of rotatable bonds is 8. The van der Waals surface area contributed by atoms with E-state index >= 15 is 0 Å². The molecule has 2 saturated heterocycles. The second kappa shape index (κ2) is 12.6. The monoisotopic (exact) mass is 636 g/mol. The summed E-state index contributed by atoms with van der Waals surface area (Å²) in [4.78, 5) is 25.0. The molecule has 1 aromatic heterocycles. The van der Waals surface area contributed by atoms with Gasteiger partial charge in [-0.25, -0.2) is 13.4 Å². The first-order valence-corrected chi connectivity index (χ1v) is 18.3. The molecule has 3 aromatic carbocycles. The van der Waals surface area contributed by atoms with Crippen LogP contribution >= 0.6 is 0 Å². The number of piperidine rings is 1. The van der Waals surface area contributed by atoms with Crippen molar-refractivity contribution in [1.29, 1.82) is 0 Å². The fraction of sp³-hybridized carbons (Fsp3) is 0.389. The molecule has 3 aliphatic rings. The van der Waals surface area contributed by atoms with Gasteiger partial charge in [0, 0.05) is 42.9 Å². The van der Waals surface area contributed by atoms with Crippen LogP contribution in [0.2, 0.25) is 0 Å². The van der Waals surface area contributed by atoms with E-state index in [0.717, 1.165) is 92.9 Å². The summed E-state index contributed by atoms with van der Waals surface area (Å²) in [6, 6.07) is 23.9. The summed E-state index contributed by atoms with van der Waals surface area (Å²) in [5, 5.41) is 3.98. The predicted molar refractivity (Wildman–Crippen MR) is 184 cm³/mol. The smallest absolute Gasteiger partial charge is 0.253 e. The van der Waals surface area contributed by atoms with Gasteiger partial charge in [0.25, 0.3) is 5.91 Å². The highest BCUT2D eigenvalue weighted by atomic mass is 32.2. The number of fused-ring (bicyclic) bond motifs is 1. The Morgan fingerprint density at radius 3 is 2.39 bits per heavy atom. The molecule has 1 saturated carbocycles. The van der Waals surface area contributed by atoms with Gasteiger partial charge in [0.15, 0.2) is 9.84 Å². The van der Waals surface area contributed by atoms with Crippen LogP contribution in [-0.2, 0) is 26.7 Å². The van der Waals surface area contributed by atoms with E-state index in [1.54, 1.807) is 18.2 Å². The standard InChI is InChI=1S/C36H41BN4O4S/c1-46(43,44)29-10-11-32-30(23-29)33(35(42)39-36(14-15-36)26-7-3-2-4-8-26)31(34(38-32)25-6-5-9-27(37)22-25)24-40-16-12-28(13-17-40)41-18-20-45-21-19-41/h2-11,22-23,28H,12-21,24,37H2,1H3,(H,39,42). The van der Waals surface area contributed by atoms with Gasteiger partial charge in [-0.15, -0.1) is 0 Å². The zero-order valence-corrected chi connectivity index (χ0v) is 27.5. The van der Waals surface area contributed by atoms with E-state index < -0.39 is 15.4 Å². The molecule has 0 bridgehead atoms. The van der Waals surface area contributed by atoms with E-state index in [4.69, 9.17) is 9.72 Å². The van der Waals surface area contributed by atoms with Crippen LogP contribution in [-0.4, -0.2) is 88.6 Å². The van der Waals surface area contributed by atoms with Gasteiger partial charge < -0.3 is 10.1 Å². The van der Waals surface area contributed by atoms with Gasteiger partial charge in [-0.05, 0) is 68.1 Å². The molecule has 3 heterocycles. The molecule has 2 aliphatic heterocycles. The molecule has 46 heavy (non-hydrogen) atoms. The van der Waals surface area contributed by atoms with Gasteiger partial charge in [-0.2, -0.15) is 0 Å². The number of hydrogen-bond acceptors (Lipinski definition) is 7. The largest absolute Gasteiger partial charge is 0.379 e.